The molecule has 7 heteroatoms. The van der Waals surface area contributed by atoms with Gasteiger partial charge in [-0.2, -0.15) is 0 Å². The summed E-state index contributed by atoms with van der Waals surface area (Å²) in [6, 6.07) is 6.07. The summed E-state index contributed by atoms with van der Waals surface area (Å²) >= 11 is 3.53. The molecule has 0 aliphatic heterocycles. The first-order chi connectivity index (χ1) is 11.7. The van der Waals surface area contributed by atoms with Gasteiger partial charge in [-0.15, -0.1) is 0 Å². The Labute approximate surface area is 157 Å². The van der Waals surface area contributed by atoms with Crippen molar-refractivity contribution < 1.29 is 19.1 Å². The molecule has 0 radical (unpaired) electrons. The highest BCUT2D eigenvalue weighted by Gasteiger charge is 2.15. The van der Waals surface area contributed by atoms with Crippen LogP contribution < -0.4 is 15.4 Å². The molecule has 0 aliphatic carbocycles. The molecular weight excluding hydrogens is 388 g/mol. The molecule has 1 aromatic rings. The van der Waals surface area contributed by atoms with Crippen molar-refractivity contribution in [2.24, 2.45) is 0 Å². The van der Waals surface area contributed by atoms with E-state index in [4.69, 9.17) is 4.74 Å². The molecule has 0 fully saturated rings. The predicted molar refractivity (Wildman–Crippen MR) is 101 cm³/mol. The number of hydrogen-bond acceptors (Lipinski definition) is 4. The third-order valence-electron chi connectivity index (χ3n) is 3.51. The molecule has 0 saturated heterocycles. The van der Waals surface area contributed by atoms with Crippen LogP contribution in [0.4, 0.5) is 4.79 Å². The zero-order valence-electron chi connectivity index (χ0n) is 15.3. The minimum absolute atomic E-state index is 0.0718. The quantitative estimate of drug-likeness (QED) is 0.639. The normalized spacial score (nSPS) is 10.9. The standard InChI is InChI=1S/C18H27BrN2O4/c1-18(2,3)13-7-8-15(14(19)12-13)25-11-5-6-16(22)20-9-10-21-17(23)24-4/h7-8,12H,5-6,9-11H2,1-4H3,(H,20,22)(H,21,23). The first kappa shape index (κ1) is 21.3. The summed E-state index contributed by atoms with van der Waals surface area (Å²) in [7, 11) is 1.29. The molecule has 0 saturated carbocycles. The van der Waals surface area contributed by atoms with E-state index in [0.29, 0.717) is 32.5 Å². The molecule has 2 N–H and O–H groups in total. The van der Waals surface area contributed by atoms with Crippen LogP contribution in [0.2, 0.25) is 0 Å². The lowest BCUT2D eigenvalue weighted by molar-refractivity contribution is -0.121. The molecule has 1 rings (SSSR count). The fourth-order valence-corrected chi connectivity index (χ4v) is 2.52. The molecule has 0 heterocycles. The number of amides is 2. The average molecular weight is 415 g/mol. The maximum atomic E-state index is 11.7. The van der Waals surface area contributed by atoms with Gasteiger partial charge in [-0.05, 0) is 45.5 Å². The Kier molecular flexibility index (Phi) is 8.75. The highest BCUT2D eigenvalue weighted by molar-refractivity contribution is 9.10. The van der Waals surface area contributed by atoms with Crippen LogP contribution in [0.1, 0.15) is 39.2 Å². The van der Waals surface area contributed by atoms with Crippen molar-refractivity contribution >= 4 is 27.9 Å². The van der Waals surface area contributed by atoms with Gasteiger partial charge in [0.15, 0.2) is 0 Å². The number of ether oxygens (including phenoxy) is 2. The Balaban J connectivity index is 2.25. The smallest absolute Gasteiger partial charge is 0.406 e. The van der Waals surface area contributed by atoms with E-state index in [-0.39, 0.29) is 11.3 Å². The van der Waals surface area contributed by atoms with Crippen LogP contribution in [0.15, 0.2) is 22.7 Å². The SMILES string of the molecule is COC(=O)NCCNC(=O)CCCOc1ccc(C(C)(C)C)cc1Br. The van der Waals surface area contributed by atoms with Gasteiger partial charge in [0.2, 0.25) is 5.91 Å². The minimum Gasteiger partial charge on any atom is -0.492 e. The lowest BCUT2D eigenvalue weighted by atomic mass is 9.87. The average Bonchev–Trinajstić information content (AvgIpc) is 2.55. The predicted octanol–water partition coefficient (Wildman–Crippen LogP) is 3.38. The van der Waals surface area contributed by atoms with Crippen LogP contribution >= 0.6 is 15.9 Å². The van der Waals surface area contributed by atoms with Gasteiger partial charge in [-0.1, -0.05) is 26.8 Å². The van der Waals surface area contributed by atoms with Crippen LogP contribution in [0, 0.1) is 0 Å². The van der Waals surface area contributed by atoms with Crippen molar-refractivity contribution in [3.05, 3.63) is 28.2 Å². The fourth-order valence-electron chi connectivity index (χ4n) is 2.03. The van der Waals surface area contributed by atoms with E-state index in [1.165, 1.54) is 12.7 Å². The number of carbonyl (C=O) groups is 2. The zero-order chi connectivity index (χ0) is 18.9. The summed E-state index contributed by atoms with van der Waals surface area (Å²) < 4.78 is 11.1. The molecule has 25 heavy (non-hydrogen) atoms. The molecule has 0 bridgehead atoms. The van der Waals surface area contributed by atoms with Crippen molar-refractivity contribution in [3.8, 4) is 5.75 Å². The number of benzene rings is 1. The summed E-state index contributed by atoms with van der Waals surface area (Å²) in [6.07, 6.45) is 0.477. The van der Waals surface area contributed by atoms with Gasteiger partial charge < -0.3 is 20.1 Å². The molecule has 0 aliphatic rings. The van der Waals surface area contributed by atoms with Crippen LogP contribution in [0.25, 0.3) is 0 Å². The largest absolute Gasteiger partial charge is 0.492 e. The first-order valence-corrected chi connectivity index (χ1v) is 9.04. The maximum Gasteiger partial charge on any atom is 0.406 e. The zero-order valence-corrected chi connectivity index (χ0v) is 16.9. The molecule has 2 amide bonds. The number of carbonyl (C=O) groups excluding carboxylic acids is 2. The Bertz CT molecular complexity index is 585. The number of rotatable bonds is 8. The van der Waals surface area contributed by atoms with Gasteiger partial charge in [-0.25, -0.2) is 4.79 Å². The minimum atomic E-state index is -0.509. The van der Waals surface area contributed by atoms with Gasteiger partial charge >= 0.3 is 6.09 Å². The summed E-state index contributed by atoms with van der Waals surface area (Å²) in [4.78, 5) is 22.5. The van der Waals surface area contributed by atoms with Crippen molar-refractivity contribution in [2.75, 3.05) is 26.8 Å². The second kappa shape index (κ2) is 10.3. The highest BCUT2D eigenvalue weighted by Crippen LogP contribution is 2.31. The maximum absolute atomic E-state index is 11.7. The van der Waals surface area contributed by atoms with E-state index in [9.17, 15) is 9.59 Å². The molecule has 0 aromatic heterocycles. The van der Waals surface area contributed by atoms with E-state index < -0.39 is 6.09 Å². The van der Waals surface area contributed by atoms with E-state index in [1.54, 1.807) is 0 Å². The second-order valence-corrected chi connectivity index (χ2v) is 7.47. The van der Waals surface area contributed by atoms with Gasteiger partial charge in [0.05, 0.1) is 18.2 Å². The Hall–Kier alpha value is -1.76. The molecule has 0 atom stereocenters. The van der Waals surface area contributed by atoms with E-state index in [2.05, 4.69) is 64.2 Å². The first-order valence-electron chi connectivity index (χ1n) is 8.25. The van der Waals surface area contributed by atoms with Gasteiger partial charge in [0, 0.05) is 19.5 Å². The lowest BCUT2D eigenvalue weighted by Gasteiger charge is -2.20. The number of alkyl carbamates (subject to hydrolysis) is 1. The lowest BCUT2D eigenvalue weighted by Crippen LogP contribution is -2.34. The van der Waals surface area contributed by atoms with Crippen LogP contribution in [0.5, 0.6) is 5.75 Å². The Morgan fingerprint density at radius 1 is 1.16 bits per heavy atom. The fraction of sp³-hybridized carbons (Fsp3) is 0.556. The van der Waals surface area contributed by atoms with Gasteiger partial charge in [0.25, 0.3) is 0 Å². The topological polar surface area (TPSA) is 76.7 Å². The van der Waals surface area contributed by atoms with Crippen LogP contribution in [-0.2, 0) is 14.9 Å². The van der Waals surface area contributed by atoms with Crippen LogP contribution in [-0.4, -0.2) is 38.8 Å². The summed E-state index contributed by atoms with van der Waals surface area (Å²) in [5.41, 5.74) is 1.31. The number of methoxy groups -OCH3 is 1. The molecule has 0 spiro atoms. The molecule has 1 aromatic carbocycles. The summed E-state index contributed by atoms with van der Waals surface area (Å²) in [5, 5.41) is 5.21. The third-order valence-corrected chi connectivity index (χ3v) is 4.13. The third kappa shape index (κ3) is 8.25. The van der Waals surface area contributed by atoms with E-state index >= 15 is 0 Å². The number of halogens is 1. The van der Waals surface area contributed by atoms with Crippen molar-refractivity contribution in [1.29, 1.82) is 0 Å². The Morgan fingerprint density at radius 3 is 2.44 bits per heavy atom. The highest BCUT2D eigenvalue weighted by atomic mass is 79.9. The van der Waals surface area contributed by atoms with Gasteiger partial charge in [0.1, 0.15) is 5.75 Å². The summed E-state index contributed by atoms with van der Waals surface area (Å²) in [5.74, 6) is 0.702. The van der Waals surface area contributed by atoms with Crippen molar-refractivity contribution in [3.63, 3.8) is 0 Å². The summed E-state index contributed by atoms with van der Waals surface area (Å²) in [6.45, 7) is 7.65. The number of nitrogens with one attached hydrogen (secondary N) is 2. The van der Waals surface area contributed by atoms with E-state index in [1.807, 2.05) is 6.07 Å². The van der Waals surface area contributed by atoms with Crippen molar-refractivity contribution in [2.45, 2.75) is 39.0 Å². The monoisotopic (exact) mass is 414 g/mol. The molecule has 0 unspecified atom stereocenters. The second-order valence-electron chi connectivity index (χ2n) is 6.62. The van der Waals surface area contributed by atoms with Gasteiger partial charge in [-0.3, -0.25) is 4.79 Å². The number of hydrogen-bond donors (Lipinski definition) is 2. The van der Waals surface area contributed by atoms with Crippen molar-refractivity contribution in [1.82, 2.24) is 10.6 Å². The molecular formula is C18H27BrN2O4. The Morgan fingerprint density at radius 2 is 1.84 bits per heavy atom. The molecule has 6 nitrogen and oxygen atoms in total. The molecule has 140 valence electrons. The van der Waals surface area contributed by atoms with Crippen LogP contribution in [0.3, 0.4) is 0 Å². The van der Waals surface area contributed by atoms with E-state index in [0.717, 1.165) is 10.2 Å².